The van der Waals surface area contributed by atoms with Crippen LogP contribution in [0.1, 0.15) is 20.8 Å². The van der Waals surface area contributed by atoms with E-state index in [1.54, 1.807) is 0 Å². The number of rotatable bonds is 3. The van der Waals surface area contributed by atoms with Crippen molar-refractivity contribution in [3.8, 4) is 0 Å². The monoisotopic (exact) mass is 214 g/mol. The number of nitrogens with one attached hydrogen (secondary N) is 1. The Kier molecular flexibility index (Phi) is 3.09. The molecule has 0 radical (unpaired) electrons. The number of pyridine rings is 1. The van der Waals surface area contributed by atoms with Crippen LogP contribution in [0.2, 0.25) is 0 Å². The molecule has 1 heterocycles. The number of fused-ring (bicyclic) bond motifs is 1. The summed E-state index contributed by atoms with van der Waals surface area (Å²) in [5, 5.41) is 4.74. The van der Waals surface area contributed by atoms with E-state index in [2.05, 4.69) is 43.2 Å². The summed E-state index contributed by atoms with van der Waals surface area (Å²) in [6.07, 6.45) is 1.86. The van der Waals surface area contributed by atoms with E-state index >= 15 is 0 Å². The molecule has 0 bridgehead atoms. The molecule has 0 aliphatic carbocycles. The average Bonchev–Trinajstić information content (AvgIpc) is 2.29. The minimum Gasteiger partial charge on any atom is -0.382 e. The quantitative estimate of drug-likeness (QED) is 0.842. The summed E-state index contributed by atoms with van der Waals surface area (Å²) in [7, 11) is 0. The van der Waals surface area contributed by atoms with Gasteiger partial charge in [-0.3, -0.25) is 4.98 Å². The van der Waals surface area contributed by atoms with Crippen LogP contribution in [0.5, 0.6) is 0 Å². The van der Waals surface area contributed by atoms with Gasteiger partial charge in [0, 0.05) is 23.3 Å². The fraction of sp³-hybridized carbons (Fsp3) is 0.357. The summed E-state index contributed by atoms with van der Waals surface area (Å²) < 4.78 is 0. The zero-order valence-corrected chi connectivity index (χ0v) is 10.1. The third-order valence-electron chi connectivity index (χ3n) is 3.03. The topological polar surface area (TPSA) is 24.9 Å². The van der Waals surface area contributed by atoms with Crippen molar-refractivity contribution in [3.63, 3.8) is 0 Å². The van der Waals surface area contributed by atoms with Gasteiger partial charge in [0.2, 0.25) is 0 Å². The van der Waals surface area contributed by atoms with Crippen LogP contribution in [0.25, 0.3) is 10.9 Å². The standard InChI is InChI=1S/C14H18N2/c1-10(2)11(3)16-14-8-9-15-13-7-5-4-6-12(13)14/h4-11H,1-3H3,(H,15,16). The van der Waals surface area contributed by atoms with Crippen molar-refractivity contribution in [2.75, 3.05) is 5.32 Å². The predicted molar refractivity (Wildman–Crippen MR) is 69.7 cm³/mol. The largest absolute Gasteiger partial charge is 0.382 e. The molecule has 2 aromatic rings. The molecule has 2 rings (SSSR count). The maximum Gasteiger partial charge on any atom is 0.0722 e. The van der Waals surface area contributed by atoms with E-state index in [1.807, 2.05) is 24.4 Å². The Morgan fingerprint density at radius 2 is 1.81 bits per heavy atom. The zero-order chi connectivity index (χ0) is 11.5. The molecule has 16 heavy (non-hydrogen) atoms. The Morgan fingerprint density at radius 1 is 1.06 bits per heavy atom. The van der Waals surface area contributed by atoms with Crippen molar-refractivity contribution in [2.45, 2.75) is 26.8 Å². The van der Waals surface area contributed by atoms with E-state index in [1.165, 1.54) is 11.1 Å². The SMILES string of the molecule is CC(C)C(C)Nc1ccnc2ccccc12. The van der Waals surface area contributed by atoms with Crippen LogP contribution in [-0.4, -0.2) is 11.0 Å². The summed E-state index contributed by atoms with van der Waals surface area (Å²) in [5.74, 6) is 0.618. The van der Waals surface area contributed by atoms with Crippen molar-refractivity contribution in [3.05, 3.63) is 36.5 Å². The van der Waals surface area contributed by atoms with E-state index in [-0.39, 0.29) is 0 Å². The first-order valence-corrected chi connectivity index (χ1v) is 5.79. The Labute approximate surface area is 96.7 Å². The van der Waals surface area contributed by atoms with Gasteiger partial charge in [-0.05, 0) is 25.0 Å². The second kappa shape index (κ2) is 4.52. The van der Waals surface area contributed by atoms with Gasteiger partial charge >= 0.3 is 0 Å². The van der Waals surface area contributed by atoms with Gasteiger partial charge in [0.1, 0.15) is 0 Å². The van der Waals surface area contributed by atoms with Crippen LogP contribution in [-0.2, 0) is 0 Å². The van der Waals surface area contributed by atoms with Gasteiger partial charge in [-0.2, -0.15) is 0 Å². The molecule has 1 atom stereocenters. The Hall–Kier alpha value is -1.57. The van der Waals surface area contributed by atoms with Crippen LogP contribution in [0, 0.1) is 5.92 Å². The van der Waals surface area contributed by atoms with Crippen LogP contribution in [0.4, 0.5) is 5.69 Å². The molecule has 0 saturated carbocycles. The van der Waals surface area contributed by atoms with Crippen LogP contribution < -0.4 is 5.32 Å². The minimum absolute atomic E-state index is 0.464. The number of anilines is 1. The molecule has 1 N–H and O–H groups in total. The molecule has 0 aliphatic heterocycles. The van der Waals surface area contributed by atoms with Crippen molar-refractivity contribution in [2.24, 2.45) is 5.92 Å². The second-order valence-corrected chi connectivity index (χ2v) is 4.55. The number of aromatic nitrogens is 1. The third kappa shape index (κ3) is 2.16. The number of para-hydroxylation sites is 1. The van der Waals surface area contributed by atoms with E-state index in [0.717, 1.165) is 5.52 Å². The maximum atomic E-state index is 4.35. The highest BCUT2D eigenvalue weighted by Crippen LogP contribution is 2.22. The van der Waals surface area contributed by atoms with Gasteiger partial charge in [-0.1, -0.05) is 32.0 Å². The zero-order valence-electron chi connectivity index (χ0n) is 10.1. The van der Waals surface area contributed by atoms with Gasteiger partial charge in [0.15, 0.2) is 0 Å². The molecule has 1 aromatic carbocycles. The number of hydrogen-bond donors (Lipinski definition) is 1. The lowest BCUT2D eigenvalue weighted by Crippen LogP contribution is -2.21. The summed E-state index contributed by atoms with van der Waals surface area (Å²) >= 11 is 0. The first-order chi connectivity index (χ1) is 7.68. The van der Waals surface area contributed by atoms with E-state index in [0.29, 0.717) is 12.0 Å². The maximum absolute atomic E-state index is 4.35. The van der Waals surface area contributed by atoms with Gasteiger partial charge in [0.05, 0.1) is 5.52 Å². The molecule has 0 saturated heterocycles. The van der Waals surface area contributed by atoms with Crippen molar-refractivity contribution in [1.29, 1.82) is 0 Å². The van der Waals surface area contributed by atoms with Gasteiger partial charge in [-0.25, -0.2) is 0 Å². The highest BCUT2D eigenvalue weighted by Gasteiger charge is 2.08. The highest BCUT2D eigenvalue weighted by atomic mass is 14.9. The van der Waals surface area contributed by atoms with E-state index < -0.39 is 0 Å². The molecular weight excluding hydrogens is 196 g/mol. The second-order valence-electron chi connectivity index (χ2n) is 4.55. The molecule has 0 amide bonds. The number of hydrogen-bond acceptors (Lipinski definition) is 2. The van der Waals surface area contributed by atoms with Crippen molar-refractivity contribution >= 4 is 16.6 Å². The number of benzene rings is 1. The van der Waals surface area contributed by atoms with Gasteiger partial charge in [0.25, 0.3) is 0 Å². The van der Waals surface area contributed by atoms with Gasteiger partial charge in [-0.15, -0.1) is 0 Å². The predicted octanol–water partition coefficient (Wildman–Crippen LogP) is 3.69. The van der Waals surface area contributed by atoms with Gasteiger partial charge < -0.3 is 5.32 Å². The molecule has 0 fully saturated rings. The molecule has 2 nitrogen and oxygen atoms in total. The lowest BCUT2D eigenvalue weighted by atomic mass is 10.1. The molecule has 0 spiro atoms. The first kappa shape index (κ1) is 10.9. The lowest BCUT2D eigenvalue weighted by molar-refractivity contribution is 0.560. The fourth-order valence-electron chi connectivity index (χ4n) is 1.63. The van der Waals surface area contributed by atoms with Crippen LogP contribution >= 0.6 is 0 Å². The van der Waals surface area contributed by atoms with E-state index in [9.17, 15) is 0 Å². The third-order valence-corrected chi connectivity index (χ3v) is 3.03. The Morgan fingerprint density at radius 3 is 2.56 bits per heavy atom. The Balaban J connectivity index is 2.37. The smallest absolute Gasteiger partial charge is 0.0722 e. The van der Waals surface area contributed by atoms with Crippen LogP contribution in [0.15, 0.2) is 36.5 Å². The van der Waals surface area contributed by atoms with Crippen molar-refractivity contribution in [1.82, 2.24) is 4.98 Å². The van der Waals surface area contributed by atoms with Crippen molar-refractivity contribution < 1.29 is 0 Å². The molecule has 2 heteroatoms. The molecule has 84 valence electrons. The summed E-state index contributed by atoms with van der Waals surface area (Å²) in [6, 6.07) is 10.7. The summed E-state index contributed by atoms with van der Waals surface area (Å²) in [6.45, 7) is 6.65. The summed E-state index contributed by atoms with van der Waals surface area (Å²) in [5.41, 5.74) is 2.22. The average molecular weight is 214 g/mol. The normalized spacial score (nSPS) is 13.0. The fourth-order valence-corrected chi connectivity index (χ4v) is 1.63. The molecule has 1 aromatic heterocycles. The van der Waals surface area contributed by atoms with E-state index in [4.69, 9.17) is 0 Å². The number of nitrogens with zero attached hydrogens (tertiary/aromatic N) is 1. The molecule has 0 aliphatic rings. The Bertz CT molecular complexity index is 472. The van der Waals surface area contributed by atoms with Crippen LogP contribution in [0.3, 0.4) is 0 Å². The lowest BCUT2D eigenvalue weighted by Gasteiger charge is -2.19. The summed E-state index contributed by atoms with van der Waals surface area (Å²) in [4.78, 5) is 4.35. The molecular formula is C14H18N2. The highest BCUT2D eigenvalue weighted by molar-refractivity contribution is 5.90. The molecule has 1 unspecified atom stereocenters. The first-order valence-electron chi connectivity index (χ1n) is 5.79. The minimum atomic E-state index is 0.464.